The number of hydrogen-bond acceptors (Lipinski definition) is 5. The maximum Gasteiger partial charge on any atom is 0.266 e. The fourth-order valence-corrected chi connectivity index (χ4v) is 4.56. The van der Waals surface area contributed by atoms with E-state index in [9.17, 15) is 4.79 Å². The Hall–Kier alpha value is -2.70. The molecule has 4 rings (SSSR count). The Bertz CT molecular complexity index is 981. The van der Waals surface area contributed by atoms with Crippen LogP contribution >= 0.6 is 11.3 Å². The van der Waals surface area contributed by atoms with Crippen molar-refractivity contribution in [3.63, 3.8) is 0 Å². The number of aryl methyl sites for hydroxylation is 1. The molecule has 5 nitrogen and oxygen atoms in total. The maximum atomic E-state index is 13.3. The van der Waals surface area contributed by atoms with Crippen molar-refractivity contribution >= 4 is 22.9 Å². The molecule has 2 aromatic carbocycles. The monoisotopic (exact) mass is 407 g/mol. The molecule has 1 aromatic heterocycles. The van der Waals surface area contributed by atoms with E-state index in [2.05, 4.69) is 28.1 Å². The number of carbonyl (C=O) groups is 1. The molecule has 1 amide bonds. The molecule has 3 aromatic rings. The van der Waals surface area contributed by atoms with E-state index in [-0.39, 0.29) is 5.91 Å². The molecule has 1 saturated heterocycles. The standard InChI is InChI=1S/C23H25N3O2S/c1-17-24-21(18-8-4-3-5-9-18)22(29-17)23(27)25(2)16-19-10-6-7-11-20(19)26-12-14-28-15-13-26/h3-11H,12-16H2,1-2H3. The first-order chi connectivity index (χ1) is 14.1. The number of amides is 1. The molecule has 0 N–H and O–H groups in total. The molecule has 0 saturated carbocycles. The number of morpholine rings is 1. The van der Waals surface area contributed by atoms with E-state index in [1.165, 1.54) is 17.0 Å². The number of thiazole rings is 1. The Morgan fingerprint density at radius 2 is 1.79 bits per heavy atom. The highest BCUT2D eigenvalue weighted by molar-refractivity contribution is 7.14. The van der Waals surface area contributed by atoms with Gasteiger partial charge < -0.3 is 14.5 Å². The molecule has 1 fully saturated rings. The normalized spacial score (nSPS) is 14.1. The predicted octanol–water partition coefficient (Wildman–Crippen LogP) is 4.23. The van der Waals surface area contributed by atoms with Crippen LogP contribution in [0.5, 0.6) is 0 Å². The summed E-state index contributed by atoms with van der Waals surface area (Å²) in [6.45, 7) is 5.73. The third-order valence-corrected chi connectivity index (χ3v) is 6.03. The first-order valence-electron chi connectivity index (χ1n) is 9.82. The van der Waals surface area contributed by atoms with Crippen LogP contribution in [0.1, 0.15) is 20.2 Å². The second kappa shape index (κ2) is 8.76. The van der Waals surface area contributed by atoms with E-state index in [1.54, 1.807) is 4.90 Å². The number of anilines is 1. The smallest absolute Gasteiger partial charge is 0.266 e. The van der Waals surface area contributed by atoms with Crippen molar-refractivity contribution in [2.75, 3.05) is 38.3 Å². The van der Waals surface area contributed by atoms with E-state index >= 15 is 0 Å². The molecule has 29 heavy (non-hydrogen) atoms. The van der Waals surface area contributed by atoms with E-state index in [0.717, 1.165) is 48.1 Å². The van der Waals surface area contributed by atoms with Crippen LogP contribution in [0, 0.1) is 6.92 Å². The molecule has 2 heterocycles. The van der Waals surface area contributed by atoms with Crippen LogP contribution in [-0.4, -0.2) is 49.1 Å². The average molecular weight is 408 g/mol. The van der Waals surface area contributed by atoms with Crippen molar-refractivity contribution in [2.45, 2.75) is 13.5 Å². The lowest BCUT2D eigenvalue weighted by molar-refractivity contribution is 0.0790. The van der Waals surface area contributed by atoms with Crippen molar-refractivity contribution in [1.82, 2.24) is 9.88 Å². The zero-order valence-corrected chi connectivity index (χ0v) is 17.6. The molecule has 0 aliphatic carbocycles. The summed E-state index contributed by atoms with van der Waals surface area (Å²) in [4.78, 5) is 22.8. The minimum absolute atomic E-state index is 0.00577. The molecule has 150 valence electrons. The Morgan fingerprint density at radius 1 is 1.10 bits per heavy atom. The fraction of sp³-hybridized carbons (Fsp3) is 0.304. The molecule has 0 radical (unpaired) electrons. The Morgan fingerprint density at radius 3 is 2.55 bits per heavy atom. The summed E-state index contributed by atoms with van der Waals surface area (Å²) < 4.78 is 5.48. The highest BCUT2D eigenvalue weighted by Gasteiger charge is 2.23. The van der Waals surface area contributed by atoms with Gasteiger partial charge in [0, 0.05) is 37.9 Å². The van der Waals surface area contributed by atoms with Gasteiger partial charge in [0.1, 0.15) is 4.88 Å². The quantitative estimate of drug-likeness (QED) is 0.635. The molecular formula is C23H25N3O2S. The van der Waals surface area contributed by atoms with Gasteiger partial charge in [0.25, 0.3) is 5.91 Å². The van der Waals surface area contributed by atoms with Gasteiger partial charge >= 0.3 is 0 Å². The molecule has 6 heteroatoms. The van der Waals surface area contributed by atoms with Gasteiger partial charge in [-0.2, -0.15) is 0 Å². The number of rotatable bonds is 5. The van der Waals surface area contributed by atoms with E-state index in [0.29, 0.717) is 11.4 Å². The second-order valence-electron chi connectivity index (χ2n) is 7.17. The lowest BCUT2D eigenvalue weighted by atomic mass is 10.1. The van der Waals surface area contributed by atoms with Crippen LogP contribution in [0.25, 0.3) is 11.3 Å². The van der Waals surface area contributed by atoms with Crippen molar-refractivity contribution in [3.05, 3.63) is 70.0 Å². The van der Waals surface area contributed by atoms with Gasteiger partial charge in [-0.25, -0.2) is 4.98 Å². The molecule has 0 bridgehead atoms. The Labute approximate surface area is 175 Å². The van der Waals surface area contributed by atoms with Crippen LogP contribution < -0.4 is 4.90 Å². The second-order valence-corrected chi connectivity index (χ2v) is 8.37. The zero-order valence-electron chi connectivity index (χ0n) is 16.8. The van der Waals surface area contributed by atoms with Crippen LogP contribution in [0.3, 0.4) is 0 Å². The van der Waals surface area contributed by atoms with Crippen LogP contribution in [0.2, 0.25) is 0 Å². The highest BCUT2D eigenvalue weighted by Crippen LogP contribution is 2.30. The van der Waals surface area contributed by atoms with Gasteiger partial charge in [-0.05, 0) is 18.6 Å². The first-order valence-corrected chi connectivity index (χ1v) is 10.6. The molecule has 1 aliphatic heterocycles. The summed E-state index contributed by atoms with van der Waals surface area (Å²) in [6, 6.07) is 18.2. The first kappa shape index (κ1) is 19.6. The number of benzene rings is 2. The van der Waals surface area contributed by atoms with Gasteiger partial charge in [0.05, 0.1) is 23.9 Å². The minimum Gasteiger partial charge on any atom is -0.378 e. The van der Waals surface area contributed by atoms with Crippen LogP contribution in [0.4, 0.5) is 5.69 Å². The zero-order chi connectivity index (χ0) is 20.2. The number of nitrogens with zero attached hydrogens (tertiary/aromatic N) is 3. The molecule has 0 spiro atoms. The number of para-hydroxylation sites is 1. The van der Waals surface area contributed by atoms with Gasteiger partial charge in [0.15, 0.2) is 0 Å². The fourth-order valence-electron chi connectivity index (χ4n) is 3.62. The third kappa shape index (κ3) is 4.33. The van der Waals surface area contributed by atoms with Crippen molar-refractivity contribution in [2.24, 2.45) is 0 Å². The van der Waals surface area contributed by atoms with Crippen LogP contribution in [0.15, 0.2) is 54.6 Å². The third-order valence-electron chi connectivity index (χ3n) is 5.07. The summed E-state index contributed by atoms with van der Waals surface area (Å²) in [6.07, 6.45) is 0. The topological polar surface area (TPSA) is 45.7 Å². The van der Waals surface area contributed by atoms with Gasteiger partial charge in [0.2, 0.25) is 0 Å². The summed E-state index contributed by atoms with van der Waals surface area (Å²) in [5.74, 6) is 0.00577. The number of hydrogen-bond donors (Lipinski definition) is 0. The highest BCUT2D eigenvalue weighted by atomic mass is 32.1. The summed E-state index contributed by atoms with van der Waals surface area (Å²) in [5, 5.41) is 0.898. The predicted molar refractivity (Wildman–Crippen MR) is 118 cm³/mol. The van der Waals surface area contributed by atoms with E-state index < -0.39 is 0 Å². The average Bonchev–Trinajstić information content (AvgIpc) is 3.16. The van der Waals surface area contributed by atoms with E-state index in [4.69, 9.17) is 4.74 Å². The number of carbonyl (C=O) groups excluding carboxylic acids is 1. The van der Waals surface area contributed by atoms with Crippen LogP contribution in [-0.2, 0) is 11.3 Å². The lowest BCUT2D eigenvalue weighted by Crippen LogP contribution is -2.37. The number of ether oxygens (including phenoxy) is 1. The Kier molecular flexibility index (Phi) is 5.92. The largest absolute Gasteiger partial charge is 0.378 e. The Balaban J connectivity index is 1.58. The van der Waals surface area contributed by atoms with Gasteiger partial charge in [-0.15, -0.1) is 11.3 Å². The van der Waals surface area contributed by atoms with Crippen molar-refractivity contribution in [1.29, 1.82) is 0 Å². The molecule has 1 aliphatic rings. The molecule has 0 atom stereocenters. The summed E-state index contributed by atoms with van der Waals surface area (Å²) >= 11 is 1.46. The number of aromatic nitrogens is 1. The maximum absolute atomic E-state index is 13.3. The van der Waals surface area contributed by atoms with Gasteiger partial charge in [-0.1, -0.05) is 48.5 Å². The van der Waals surface area contributed by atoms with Gasteiger partial charge in [-0.3, -0.25) is 4.79 Å². The molecular weight excluding hydrogens is 382 g/mol. The SMILES string of the molecule is Cc1nc(-c2ccccc2)c(C(=O)N(C)Cc2ccccc2N2CCOCC2)s1. The van der Waals surface area contributed by atoms with E-state index in [1.807, 2.05) is 50.4 Å². The summed E-state index contributed by atoms with van der Waals surface area (Å²) in [7, 11) is 1.86. The lowest BCUT2D eigenvalue weighted by Gasteiger charge is -2.31. The minimum atomic E-state index is 0.00577. The van der Waals surface area contributed by atoms with Crippen molar-refractivity contribution in [3.8, 4) is 11.3 Å². The van der Waals surface area contributed by atoms with Crippen molar-refractivity contribution < 1.29 is 9.53 Å². The molecule has 0 unspecified atom stereocenters. The summed E-state index contributed by atoms with van der Waals surface area (Å²) in [5.41, 5.74) is 4.07.